The Morgan fingerprint density at radius 1 is 1.23 bits per heavy atom. The minimum Gasteiger partial charge on any atom is -0.338 e. The first-order valence-electron chi connectivity index (χ1n) is 10.0. The number of fused-ring (bicyclic) bond motifs is 1. The van der Waals surface area contributed by atoms with E-state index in [4.69, 9.17) is 0 Å². The Bertz CT molecular complexity index is 1210. The molecule has 3 heterocycles. The zero-order chi connectivity index (χ0) is 21.4. The summed E-state index contributed by atoms with van der Waals surface area (Å²) in [5, 5.41) is 13.4. The fraction of sp³-hybridized carbons (Fsp3) is 0.364. The number of amides is 1. The third-order valence-electron chi connectivity index (χ3n) is 5.59. The predicted molar refractivity (Wildman–Crippen MR) is 113 cm³/mol. The van der Waals surface area contributed by atoms with Gasteiger partial charge in [0.25, 0.3) is 11.5 Å². The Labute approximate surface area is 174 Å². The zero-order valence-electron chi connectivity index (χ0n) is 17.3. The number of benzene rings is 1. The Balaban J connectivity index is 1.82. The molecule has 154 valence electrons. The van der Waals surface area contributed by atoms with Crippen LogP contribution in [-0.2, 0) is 0 Å². The topological polar surface area (TPSA) is 97.5 Å². The molecule has 0 radical (unpaired) electrons. The normalized spacial score (nSPS) is 15.0. The molecule has 0 unspecified atom stereocenters. The van der Waals surface area contributed by atoms with E-state index in [1.807, 2.05) is 44.0 Å². The molecule has 1 aliphatic heterocycles. The fourth-order valence-electron chi connectivity index (χ4n) is 3.87. The summed E-state index contributed by atoms with van der Waals surface area (Å²) < 4.78 is 1.23. The maximum Gasteiger partial charge on any atom is 0.278 e. The van der Waals surface area contributed by atoms with Crippen LogP contribution in [0.3, 0.4) is 0 Å². The summed E-state index contributed by atoms with van der Waals surface area (Å²) in [4.78, 5) is 33.4. The number of carbonyl (C=O) groups is 1. The number of likely N-dealkylation sites (N-methyl/N-ethyl adjacent to an activating group) is 1. The summed E-state index contributed by atoms with van der Waals surface area (Å²) in [6.45, 7) is 6.97. The Hall–Kier alpha value is -3.44. The lowest BCUT2D eigenvalue weighted by Gasteiger charge is -2.32. The van der Waals surface area contributed by atoms with Crippen LogP contribution >= 0.6 is 0 Å². The van der Waals surface area contributed by atoms with Crippen LogP contribution in [0.15, 0.2) is 35.3 Å². The first-order chi connectivity index (χ1) is 14.4. The van der Waals surface area contributed by atoms with Crippen LogP contribution in [0, 0.1) is 11.3 Å². The van der Waals surface area contributed by atoms with Crippen LogP contribution in [0.1, 0.15) is 41.3 Å². The lowest BCUT2D eigenvalue weighted by atomic mass is 9.97. The van der Waals surface area contributed by atoms with Crippen LogP contribution in [0.5, 0.6) is 0 Å². The van der Waals surface area contributed by atoms with Gasteiger partial charge < -0.3 is 14.8 Å². The number of aromatic amines is 1. The molecule has 4 rings (SSSR count). The molecule has 3 aromatic rings. The van der Waals surface area contributed by atoms with Gasteiger partial charge in [-0.3, -0.25) is 9.59 Å². The third-order valence-corrected chi connectivity index (χ3v) is 5.59. The lowest BCUT2D eigenvalue weighted by Crippen LogP contribution is -2.47. The summed E-state index contributed by atoms with van der Waals surface area (Å²) in [6.07, 6.45) is 1.38. The van der Waals surface area contributed by atoms with E-state index in [1.54, 1.807) is 6.07 Å². The minimum absolute atomic E-state index is 0.0125. The highest BCUT2D eigenvalue weighted by molar-refractivity contribution is 5.95. The smallest absolute Gasteiger partial charge is 0.278 e. The lowest BCUT2D eigenvalue weighted by molar-refractivity contribution is 0.0664. The number of carbonyl (C=O) groups excluding carboxylic acids is 1. The van der Waals surface area contributed by atoms with Crippen molar-refractivity contribution in [3.8, 4) is 17.3 Å². The van der Waals surface area contributed by atoms with Gasteiger partial charge in [-0.25, -0.2) is 0 Å². The molecule has 0 spiro atoms. The fourth-order valence-corrected chi connectivity index (χ4v) is 3.87. The van der Waals surface area contributed by atoms with E-state index in [1.165, 1.54) is 10.7 Å². The van der Waals surface area contributed by atoms with Crippen molar-refractivity contribution in [2.75, 3.05) is 33.2 Å². The quantitative estimate of drug-likeness (QED) is 0.721. The Morgan fingerprint density at radius 2 is 1.97 bits per heavy atom. The number of nitrogens with one attached hydrogen (secondary N) is 1. The summed E-state index contributed by atoms with van der Waals surface area (Å²) in [7, 11) is 2.05. The molecular formula is C22H24N6O2. The van der Waals surface area contributed by atoms with Crippen molar-refractivity contribution in [1.82, 2.24) is 24.4 Å². The molecule has 1 fully saturated rings. The molecule has 2 aromatic heterocycles. The van der Waals surface area contributed by atoms with E-state index < -0.39 is 0 Å². The highest BCUT2D eigenvalue weighted by Gasteiger charge is 2.23. The minimum atomic E-state index is -0.258. The van der Waals surface area contributed by atoms with E-state index in [0.29, 0.717) is 41.1 Å². The van der Waals surface area contributed by atoms with Crippen molar-refractivity contribution in [1.29, 1.82) is 5.26 Å². The van der Waals surface area contributed by atoms with Crippen LogP contribution in [0.2, 0.25) is 0 Å². The van der Waals surface area contributed by atoms with Crippen molar-refractivity contribution < 1.29 is 4.79 Å². The first-order valence-corrected chi connectivity index (χ1v) is 10.0. The average Bonchev–Trinajstić information content (AvgIpc) is 3.17. The van der Waals surface area contributed by atoms with Crippen molar-refractivity contribution in [2.24, 2.45) is 0 Å². The molecule has 1 amide bonds. The predicted octanol–water partition coefficient (Wildman–Crippen LogP) is 2.07. The van der Waals surface area contributed by atoms with E-state index in [9.17, 15) is 14.9 Å². The van der Waals surface area contributed by atoms with Gasteiger partial charge in [-0.05, 0) is 30.7 Å². The van der Waals surface area contributed by atoms with Gasteiger partial charge in [-0.1, -0.05) is 26.0 Å². The maximum absolute atomic E-state index is 13.1. The summed E-state index contributed by atoms with van der Waals surface area (Å²) in [5.74, 6) is -0.0820. The number of aromatic nitrogens is 3. The Morgan fingerprint density at radius 3 is 2.63 bits per heavy atom. The number of rotatable bonds is 3. The monoisotopic (exact) mass is 404 g/mol. The van der Waals surface area contributed by atoms with Crippen LogP contribution < -0.4 is 5.56 Å². The van der Waals surface area contributed by atoms with Gasteiger partial charge in [0.15, 0.2) is 5.65 Å². The molecule has 1 saturated heterocycles. The van der Waals surface area contributed by atoms with Crippen LogP contribution in [0.4, 0.5) is 0 Å². The molecular weight excluding hydrogens is 380 g/mol. The second-order valence-corrected chi connectivity index (χ2v) is 7.98. The van der Waals surface area contributed by atoms with Gasteiger partial charge in [-0.15, -0.1) is 0 Å². The van der Waals surface area contributed by atoms with Crippen molar-refractivity contribution >= 4 is 11.6 Å². The summed E-state index contributed by atoms with van der Waals surface area (Å²) >= 11 is 0. The molecule has 0 aliphatic carbocycles. The highest BCUT2D eigenvalue weighted by Crippen LogP contribution is 2.27. The molecule has 8 heteroatoms. The van der Waals surface area contributed by atoms with Crippen molar-refractivity contribution in [3.63, 3.8) is 0 Å². The number of hydrogen-bond donors (Lipinski definition) is 1. The molecule has 1 aliphatic rings. The van der Waals surface area contributed by atoms with Gasteiger partial charge in [0.1, 0.15) is 11.6 Å². The van der Waals surface area contributed by atoms with Gasteiger partial charge in [0.2, 0.25) is 0 Å². The first kappa shape index (κ1) is 19.9. The van der Waals surface area contributed by atoms with Crippen LogP contribution in [0.25, 0.3) is 16.9 Å². The molecule has 0 saturated carbocycles. The third kappa shape index (κ3) is 3.37. The number of hydrogen-bond acceptors (Lipinski definition) is 5. The van der Waals surface area contributed by atoms with Crippen LogP contribution in [-0.4, -0.2) is 63.5 Å². The highest BCUT2D eigenvalue weighted by atomic mass is 16.2. The molecule has 0 atom stereocenters. The maximum atomic E-state index is 13.1. The van der Waals surface area contributed by atoms with Gasteiger partial charge in [0, 0.05) is 37.3 Å². The molecule has 1 aromatic carbocycles. The van der Waals surface area contributed by atoms with E-state index in [-0.39, 0.29) is 17.4 Å². The second kappa shape index (κ2) is 7.76. The number of H-pyrrole nitrogens is 1. The molecule has 1 N–H and O–H groups in total. The number of nitriles is 1. The van der Waals surface area contributed by atoms with E-state index in [2.05, 4.69) is 21.1 Å². The SMILES string of the molecule is CC(C)c1c(-c2cccc(C(=O)N3CCN(C)CC3)c2)[nH]c2c(C#N)cnn2c1=O. The second-order valence-electron chi connectivity index (χ2n) is 7.98. The zero-order valence-corrected chi connectivity index (χ0v) is 17.3. The molecule has 30 heavy (non-hydrogen) atoms. The van der Waals surface area contributed by atoms with Crippen molar-refractivity contribution in [2.45, 2.75) is 19.8 Å². The Kier molecular flexibility index (Phi) is 5.14. The number of piperazine rings is 1. The van der Waals surface area contributed by atoms with Gasteiger partial charge >= 0.3 is 0 Å². The average molecular weight is 404 g/mol. The molecule has 0 bridgehead atoms. The van der Waals surface area contributed by atoms with Gasteiger partial charge in [-0.2, -0.15) is 14.9 Å². The van der Waals surface area contributed by atoms with E-state index in [0.717, 1.165) is 18.7 Å². The standard InChI is InChI=1S/C22H24N6O2/c1-14(2)18-19(25-20-17(12-23)13-24-28(20)22(18)30)15-5-4-6-16(11-15)21(29)27-9-7-26(3)8-10-27/h4-6,11,13-14,25H,7-10H2,1-3H3. The number of nitrogens with zero attached hydrogens (tertiary/aromatic N) is 5. The summed E-state index contributed by atoms with van der Waals surface area (Å²) in [6, 6.07) is 9.38. The largest absolute Gasteiger partial charge is 0.338 e. The molecule has 8 nitrogen and oxygen atoms in total. The summed E-state index contributed by atoms with van der Waals surface area (Å²) in [5.41, 5.74) is 2.91. The van der Waals surface area contributed by atoms with E-state index >= 15 is 0 Å². The van der Waals surface area contributed by atoms with Gasteiger partial charge in [0.05, 0.1) is 11.9 Å². The van der Waals surface area contributed by atoms with Crippen molar-refractivity contribution in [3.05, 3.63) is 57.5 Å².